The van der Waals surface area contributed by atoms with Crippen molar-refractivity contribution in [3.63, 3.8) is 0 Å². The van der Waals surface area contributed by atoms with E-state index in [1.54, 1.807) is 31.6 Å². The quantitative estimate of drug-likeness (QED) is 0.648. The smallest absolute Gasteiger partial charge is 0.308 e. The molecule has 0 amide bonds. The fourth-order valence-corrected chi connectivity index (χ4v) is 5.69. The van der Waals surface area contributed by atoms with E-state index in [1.807, 2.05) is 30.3 Å². The second-order valence-electron chi connectivity index (χ2n) is 7.68. The topological polar surface area (TPSA) is 105 Å². The van der Waals surface area contributed by atoms with Crippen molar-refractivity contribution in [1.29, 1.82) is 0 Å². The molecule has 1 fully saturated rings. The lowest BCUT2D eigenvalue weighted by molar-refractivity contribution is -0.140. The number of sulfonamides is 1. The highest BCUT2D eigenvalue weighted by molar-refractivity contribution is 7.92. The number of nitrogens with zero attached hydrogens (tertiary/aromatic N) is 3. The molecule has 1 saturated heterocycles. The van der Waals surface area contributed by atoms with Crippen LogP contribution < -0.4 is 9.62 Å². The van der Waals surface area contributed by atoms with Gasteiger partial charge in [0.2, 0.25) is 0 Å². The number of hydrogen-bond acceptors (Lipinski definition) is 5. The summed E-state index contributed by atoms with van der Waals surface area (Å²) in [6, 6.07) is 11.1. The number of anilines is 2. The third-order valence-electron chi connectivity index (χ3n) is 5.73. The first kappa shape index (κ1) is 20.2. The summed E-state index contributed by atoms with van der Waals surface area (Å²) in [4.78, 5) is 13.6. The van der Waals surface area contributed by atoms with Gasteiger partial charge in [-0.05, 0) is 32.4 Å². The Balaban J connectivity index is 1.74. The number of hydrogen-bond donors (Lipinski definition) is 2. The molecule has 30 heavy (non-hydrogen) atoms. The average molecular weight is 429 g/mol. The van der Waals surface area contributed by atoms with E-state index in [0.29, 0.717) is 36.6 Å². The number of fused-ring (bicyclic) bond motifs is 1. The van der Waals surface area contributed by atoms with Crippen LogP contribution in [-0.2, 0) is 21.9 Å². The molecule has 2 aromatic carbocycles. The Labute approximate surface area is 175 Å². The largest absolute Gasteiger partial charge is 0.481 e. The molecule has 1 aliphatic rings. The lowest BCUT2D eigenvalue weighted by Gasteiger charge is -2.22. The molecule has 0 saturated carbocycles. The molecule has 3 aromatic rings. The first-order chi connectivity index (χ1) is 14.2. The van der Waals surface area contributed by atoms with Gasteiger partial charge in [-0.1, -0.05) is 24.3 Å². The number of carbonyl (C=O) groups is 1. The van der Waals surface area contributed by atoms with Gasteiger partial charge in [0.1, 0.15) is 4.90 Å². The lowest BCUT2D eigenvalue weighted by Crippen LogP contribution is -2.23. The molecule has 158 valence electrons. The Morgan fingerprint density at radius 2 is 1.87 bits per heavy atom. The van der Waals surface area contributed by atoms with E-state index in [1.165, 1.54) is 0 Å². The normalized spacial score (nSPS) is 16.9. The van der Waals surface area contributed by atoms with Crippen molar-refractivity contribution < 1.29 is 18.3 Å². The van der Waals surface area contributed by atoms with Crippen LogP contribution in [-0.4, -0.2) is 42.4 Å². The molecule has 8 nitrogen and oxygen atoms in total. The minimum absolute atomic E-state index is 0.182. The Kier molecular flexibility index (Phi) is 4.93. The molecule has 0 radical (unpaired) electrons. The van der Waals surface area contributed by atoms with Crippen LogP contribution >= 0.6 is 0 Å². The molecular weight excluding hydrogens is 404 g/mol. The molecule has 2 heterocycles. The van der Waals surface area contributed by atoms with Gasteiger partial charge in [0.15, 0.2) is 0 Å². The van der Waals surface area contributed by atoms with E-state index < -0.39 is 21.9 Å². The summed E-state index contributed by atoms with van der Waals surface area (Å²) in [5.41, 5.74) is 2.40. The Morgan fingerprint density at radius 3 is 2.47 bits per heavy atom. The second kappa shape index (κ2) is 7.32. The molecule has 0 spiro atoms. The van der Waals surface area contributed by atoms with Crippen LogP contribution in [0.3, 0.4) is 0 Å². The third kappa shape index (κ3) is 3.39. The number of aliphatic carboxylic acids is 1. The van der Waals surface area contributed by atoms with Gasteiger partial charge in [0.25, 0.3) is 10.0 Å². The number of carboxylic acid groups (broad SMARTS) is 1. The fourth-order valence-electron chi connectivity index (χ4n) is 4.17. The maximum absolute atomic E-state index is 13.1. The summed E-state index contributed by atoms with van der Waals surface area (Å²) in [5.74, 6) is -1.17. The van der Waals surface area contributed by atoms with Crippen LogP contribution in [0, 0.1) is 19.8 Å². The summed E-state index contributed by atoms with van der Waals surface area (Å²) < 4.78 is 30.5. The van der Waals surface area contributed by atoms with Gasteiger partial charge in [-0.3, -0.25) is 14.2 Å². The highest BCUT2D eigenvalue weighted by Gasteiger charge is 2.29. The van der Waals surface area contributed by atoms with Gasteiger partial charge in [-0.15, -0.1) is 0 Å². The summed E-state index contributed by atoms with van der Waals surface area (Å²) in [5, 5.41) is 15.2. The van der Waals surface area contributed by atoms with Crippen LogP contribution in [0.15, 0.2) is 41.3 Å². The Hall–Kier alpha value is -3.07. The Morgan fingerprint density at radius 1 is 1.17 bits per heavy atom. The van der Waals surface area contributed by atoms with Gasteiger partial charge in [-0.25, -0.2) is 8.42 Å². The van der Waals surface area contributed by atoms with Crippen molar-refractivity contribution in [1.82, 2.24) is 9.78 Å². The average Bonchev–Trinajstić information content (AvgIpc) is 3.27. The van der Waals surface area contributed by atoms with Crippen molar-refractivity contribution in [2.75, 3.05) is 22.7 Å². The summed E-state index contributed by atoms with van der Waals surface area (Å²) in [6.45, 7) is 4.50. The Bertz CT molecular complexity index is 1250. The predicted octanol–water partition coefficient (Wildman–Crippen LogP) is 2.90. The van der Waals surface area contributed by atoms with Crippen molar-refractivity contribution in [3.05, 3.63) is 47.8 Å². The molecule has 2 N–H and O–H groups in total. The zero-order valence-corrected chi connectivity index (χ0v) is 17.9. The zero-order valence-electron chi connectivity index (χ0n) is 17.1. The third-order valence-corrected chi connectivity index (χ3v) is 7.35. The lowest BCUT2D eigenvalue weighted by atomic mass is 10.1. The van der Waals surface area contributed by atoms with Gasteiger partial charge in [0.05, 0.1) is 23.0 Å². The predicted molar refractivity (Wildman–Crippen MR) is 115 cm³/mol. The van der Waals surface area contributed by atoms with Crippen LogP contribution in [0.25, 0.3) is 10.8 Å². The fraction of sp³-hybridized carbons (Fsp3) is 0.333. The van der Waals surface area contributed by atoms with Gasteiger partial charge in [-0.2, -0.15) is 5.10 Å². The first-order valence-electron chi connectivity index (χ1n) is 9.71. The molecular formula is C21H24N4O4S. The molecule has 9 heteroatoms. The van der Waals surface area contributed by atoms with Crippen LogP contribution in [0.1, 0.15) is 17.8 Å². The molecule has 1 aliphatic heterocycles. The maximum Gasteiger partial charge on any atom is 0.308 e. The summed E-state index contributed by atoms with van der Waals surface area (Å²) in [7, 11) is -2.11. The summed E-state index contributed by atoms with van der Waals surface area (Å²) >= 11 is 0. The molecule has 0 bridgehead atoms. The SMILES string of the molecule is Cc1nn(C)c(C)c1S(=O)(=O)Nc1ccc(N2CC[C@@H](C(=O)O)C2)c2ccccc12. The van der Waals surface area contributed by atoms with Gasteiger partial charge < -0.3 is 10.0 Å². The highest BCUT2D eigenvalue weighted by Crippen LogP contribution is 2.36. The van der Waals surface area contributed by atoms with E-state index in [9.17, 15) is 18.3 Å². The first-order valence-corrected chi connectivity index (χ1v) is 11.2. The van der Waals surface area contributed by atoms with Crippen molar-refractivity contribution in [3.8, 4) is 0 Å². The van der Waals surface area contributed by atoms with Crippen molar-refractivity contribution in [2.45, 2.75) is 25.2 Å². The van der Waals surface area contributed by atoms with E-state index >= 15 is 0 Å². The van der Waals surface area contributed by atoms with E-state index in [4.69, 9.17) is 0 Å². The molecule has 1 aromatic heterocycles. The number of aryl methyl sites for hydroxylation is 2. The monoisotopic (exact) mass is 428 g/mol. The van der Waals surface area contributed by atoms with E-state index in [-0.39, 0.29) is 4.90 Å². The van der Waals surface area contributed by atoms with Crippen LogP contribution in [0.5, 0.6) is 0 Å². The van der Waals surface area contributed by atoms with Crippen LogP contribution in [0.4, 0.5) is 11.4 Å². The number of benzene rings is 2. The number of carboxylic acids is 1. The van der Waals surface area contributed by atoms with Crippen molar-refractivity contribution >= 4 is 38.1 Å². The number of rotatable bonds is 5. The molecule has 0 aliphatic carbocycles. The molecule has 0 unspecified atom stereocenters. The van der Waals surface area contributed by atoms with Crippen molar-refractivity contribution in [2.24, 2.45) is 13.0 Å². The summed E-state index contributed by atoms with van der Waals surface area (Å²) in [6.07, 6.45) is 0.595. The zero-order chi connectivity index (χ0) is 21.6. The van der Waals surface area contributed by atoms with E-state index in [0.717, 1.165) is 16.5 Å². The minimum atomic E-state index is -3.82. The van der Waals surface area contributed by atoms with E-state index in [2.05, 4.69) is 14.7 Å². The second-order valence-corrected chi connectivity index (χ2v) is 9.30. The van der Waals surface area contributed by atoms with Gasteiger partial charge in [0, 0.05) is 36.6 Å². The van der Waals surface area contributed by atoms with Gasteiger partial charge >= 0.3 is 5.97 Å². The molecule has 1 atom stereocenters. The standard InChI is InChI=1S/C21H24N4O4S/c1-13-20(14(2)24(3)22-13)30(28,29)23-18-8-9-19(17-7-5-4-6-16(17)18)25-11-10-15(12-25)21(26)27/h4-9,15,23H,10-12H2,1-3H3,(H,26,27)/t15-/m1/s1. The number of aromatic nitrogens is 2. The maximum atomic E-state index is 13.1. The van der Waals surface area contributed by atoms with Crippen LogP contribution in [0.2, 0.25) is 0 Å². The molecule has 4 rings (SSSR count). The minimum Gasteiger partial charge on any atom is -0.481 e. The highest BCUT2D eigenvalue weighted by atomic mass is 32.2. The number of nitrogens with one attached hydrogen (secondary N) is 1.